The van der Waals surface area contributed by atoms with Crippen molar-refractivity contribution in [3.63, 3.8) is 0 Å². The van der Waals surface area contributed by atoms with E-state index in [1.54, 1.807) is 18.2 Å². The van der Waals surface area contributed by atoms with Gasteiger partial charge >= 0.3 is 0 Å². The summed E-state index contributed by atoms with van der Waals surface area (Å²) in [5.41, 5.74) is 0.457. The summed E-state index contributed by atoms with van der Waals surface area (Å²) in [6, 6.07) is 6.67. The molecule has 0 saturated heterocycles. The first-order valence-electron chi connectivity index (χ1n) is 5.16. The number of halogens is 1. The SMILES string of the molecule is CCC(C#N)NC(=O)c1cc(OC)ccc1Br. The highest BCUT2D eigenvalue weighted by molar-refractivity contribution is 9.10. The highest BCUT2D eigenvalue weighted by Gasteiger charge is 2.14. The molecule has 17 heavy (non-hydrogen) atoms. The summed E-state index contributed by atoms with van der Waals surface area (Å²) >= 11 is 3.29. The van der Waals surface area contributed by atoms with Crippen LogP contribution in [0.5, 0.6) is 5.75 Å². The second kappa shape index (κ2) is 6.26. The van der Waals surface area contributed by atoms with Crippen LogP contribution in [0.3, 0.4) is 0 Å². The monoisotopic (exact) mass is 296 g/mol. The average molecular weight is 297 g/mol. The first-order valence-corrected chi connectivity index (χ1v) is 5.95. The summed E-state index contributed by atoms with van der Waals surface area (Å²) in [6.07, 6.45) is 0.573. The molecule has 0 aliphatic heterocycles. The number of amides is 1. The minimum absolute atomic E-state index is 0.288. The standard InChI is InChI=1S/C12H13BrN2O2/c1-3-8(7-14)15-12(16)10-6-9(17-2)4-5-11(10)13/h4-6,8H,3H2,1-2H3,(H,15,16). The molecular weight excluding hydrogens is 284 g/mol. The Bertz CT molecular complexity index is 454. The number of benzene rings is 1. The van der Waals surface area contributed by atoms with Crippen LogP contribution in [-0.2, 0) is 0 Å². The van der Waals surface area contributed by atoms with Gasteiger partial charge in [-0.25, -0.2) is 0 Å². The van der Waals surface area contributed by atoms with Gasteiger partial charge in [0.15, 0.2) is 0 Å². The van der Waals surface area contributed by atoms with Crippen LogP contribution < -0.4 is 10.1 Å². The molecule has 1 N–H and O–H groups in total. The molecule has 0 aromatic heterocycles. The Hall–Kier alpha value is -1.54. The van der Waals surface area contributed by atoms with E-state index in [1.807, 2.05) is 13.0 Å². The van der Waals surface area contributed by atoms with E-state index in [-0.39, 0.29) is 5.91 Å². The summed E-state index contributed by atoms with van der Waals surface area (Å²) in [4.78, 5) is 11.9. The number of nitrogens with one attached hydrogen (secondary N) is 1. The van der Waals surface area contributed by atoms with Crippen LogP contribution in [0.1, 0.15) is 23.7 Å². The molecule has 0 radical (unpaired) electrons. The number of carbonyl (C=O) groups is 1. The molecule has 1 atom stereocenters. The van der Waals surface area contributed by atoms with E-state index in [0.29, 0.717) is 22.2 Å². The third kappa shape index (κ3) is 3.46. The molecule has 0 bridgehead atoms. The van der Waals surface area contributed by atoms with Crippen molar-refractivity contribution in [1.29, 1.82) is 5.26 Å². The van der Waals surface area contributed by atoms with Crippen LogP contribution in [-0.4, -0.2) is 19.1 Å². The van der Waals surface area contributed by atoms with E-state index in [1.165, 1.54) is 7.11 Å². The van der Waals surface area contributed by atoms with Crippen LogP contribution in [0, 0.1) is 11.3 Å². The molecule has 0 heterocycles. The summed E-state index contributed by atoms with van der Waals surface area (Å²) < 4.78 is 5.72. The number of nitrogens with zero attached hydrogens (tertiary/aromatic N) is 1. The summed E-state index contributed by atoms with van der Waals surface area (Å²) in [7, 11) is 1.54. The smallest absolute Gasteiger partial charge is 0.253 e. The van der Waals surface area contributed by atoms with Crippen LogP contribution in [0.15, 0.2) is 22.7 Å². The maximum absolute atomic E-state index is 11.9. The average Bonchev–Trinajstić information content (AvgIpc) is 2.36. The zero-order valence-electron chi connectivity index (χ0n) is 9.66. The Kier molecular flexibility index (Phi) is 4.98. The molecule has 0 saturated carbocycles. The highest BCUT2D eigenvalue weighted by atomic mass is 79.9. The fourth-order valence-corrected chi connectivity index (χ4v) is 1.69. The van der Waals surface area contributed by atoms with Crippen molar-refractivity contribution in [2.45, 2.75) is 19.4 Å². The lowest BCUT2D eigenvalue weighted by molar-refractivity contribution is 0.0943. The second-order valence-corrected chi connectivity index (χ2v) is 4.26. The van der Waals surface area contributed by atoms with Crippen molar-refractivity contribution >= 4 is 21.8 Å². The number of rotatable bonds is 4. The van der Waals surface area contributed by atoms with Gasteiger partial charge in [-0.3, -0.25) is 4.79 Å². The molecule has 1 amide bonds. The van der Waals surface area contributed by atoms with Crippen molar-refractivity contribution < 1.29 is 9.53 Å². The molecule has 1 aromatic rings. The van der Waals surface area contributed by atoms with Crippen LogP contribution in [0.4, 0.5) is 0 Å². The number of ether oxygens (including phenoxy) is 1. The van der Waals surface area contributed by atoms with E-state index in [4.69, 9.17) is 10.00 Å². The molecule has 5 heteroatoms. The van der Waals surface area contributed by atoms with Gasteiger partial charge in [0.1, 0.15) is 11.8 Å². The lowest BCUT2D eigenvalue weighted by atomic mass is 10.1. The summed E-state index contributed by atoms with van der Waals surface area (Å²) in [5, 5.41) is 11.4. The maximum atomic E-state index is 11.9. The third-order valence-corrected chi connectivity index (χ3v) is 2.98. The quantitative estimate of drug-likeness (QED) is 0.928. The van der Waals surface area contributed by atoms with Crippen molar-refractivity contribution in [1.82, 2.24) is 5.32 Å². The molecule has 0 aliphatic rings. The first kappa shape index (κ1) is 13.5. The number of hydrogen-bond donors (Lipinski definition) is 1. The Morgan fingerprint density at radius 3 is 2.88 bits per heavy atom. The van der Waals surface area contributed by atoms with Crippen molar-refractivity contribution in [3.8, 4) is 11.8 Å². The van der Waals surface area contributed by atoms with Crippen LogP contribution >= 0.6 is 15.9 Å². The number of nitriles is 1. The minimum atomic E-state index is -0.472. The van der Waals surface area contributed by atoms with Crippen molar-refractivity contribution in [2.24, 2.45) is 0 Å². The lowest BCUT2D eigenvalue weighted by Crippen LogP contribution is -2.33. The summed E-state index contributed by atoms with van der Waals surface area (Å²) in [5.74, 6) is 0.313. The molecular formula is C12H13BrN2O2. The predicted octanol–water partition coefficient (Wildman–Crippen LogP) is 2.49. The van der Waals surface area contributed by atoms with Gasteiger partial charge in [-0.2, -0.15) is 5.26 Å². The first-order chi connectivity index (χ1) is 8.12. The fourth-order valence-electron chi connectivity index (χ4n) is 1.27. The molecule has 0 spiro atoms. The molecule has 0 fully saturated rings. The largest absolute Gasteiger partial charge is 0.497 e. The van der Waals surface area contributed by atoms with E-state index >= 15 is 0 Å². The van der Waals surface area contributed by atoms with Crippen LogP contribution in [0.25, 0.3) is 0 Å². The number of methoxy groups -OCH3 is 1. The Labute approximate surface area is 109 Å². The van der Waals surface area contributed by atoms with Gasteiger partial charge in [0.25, 0.3) is 5.91 Å². The topological polar surface area (TPSA) is 62.1 Å². The lowest BCUT2D eigenvalue weighted by Gasteiger charge is -2.11. The second-order valence-electron chi connectivity index (χ2n) is 3.41. The van der Waals surface area contributed by atoms with Gasteiger partial charge in [0, 0.05) is 4.47 Å². The number of hydrogen-bond acceptors (Lipinski definition) is 3. The molecule has 90 valence electrons. The van der Waals surface area contributed by atoms with Crippen LogP contribution in [0.2, 0.25) is 0 Å². The van der Waals surface area contributed by atoms with Crippen molar-refractivity contribution in [3.05, 3.63) is 28.2 Å². The minimum Gasteiger partial charge on any atom is -0.497 e. The van der Waals surface area contributed by atoms with E-state index < -0.39 is 6.04 Å². The molecule has 4 nitrogen and oxygen atoms in total. The fraction of sp³-hybridized carbons (Fsp3) is 0.333. The number of carbonyl (C=O) groups excluding carboxylic acids is 1. The van der Waals surface area contributed by atoms with Crippen molar-refractivity contribution in [2.75, 3.05) is 7.11 Å². The van der Waals surface area contributed by atoms with Gasteiger partial charge in [0.2, 0.25) is 0 Å². The van der Waals surface area contributed by atoms with Gasteiger partial charge in [0.05, 0.1) is 18.7 Å². The maximum Gasteiger partial charge on any atom is 0.253 e. The normalized spacial score (nSPS) is 11.4. The molecule has 1 rings (SSSR count). The Morgan fingerprint density at radius 2 is 2.35 bits per heavy atom. The molecule has 0 aliphatic carbocycles. The van der Waals surface area contributed by atoms with Gasteiger partial charge in [-0.05, 0) is 40.5 Å². The molecule has 1 aromatic carbocycles. The van der Waals surface area contributed by atoms with Gasteiger partial charge in [-0.15, -0.1) is 0 Å². The van der Waals surface area contributed by atoms with E-state index in [2.05, 4.69) is 21.2 Å². The molecule has 1 unspecified atom stereocenters. The van der Waals surface area contributed by atoms with E-state index in [9.17, 15) is 4.79 Å². The Morgan fingerprint density at radius 1 is 1.65 bits per heavy atom. The highest BCUT2D eigenvalue weighted by Crippen LogP contribution is 2.22. The van der Waals surface area contributed by atoms with Gasteiger partial charge in [-0.1, -0.05) is 6.92 Å². The van der Waals surface area contributed by atoms with E-state index in [0.717, 1.165) is 0 Å². The zero-order valence-corrected chi connectivity index (χ0v) is 11.2. The van der Waals surface area contributed by atoms with Gasteiger partial charge < -0.3 is 10.1 Å². The third-order valence-electron chi connectivity index (χ3n) is 2.29. The zero-order chi connectivity index (χ0) is 12.8. The summed E-state index contributed by atoms with van der Waals surface area (Å²) in [6.45, 7) is 1.84. The Balaban J connectivity index is 2.92. The predicted molar refractivity (Wildman–Crippen MR) is 67.9 cm³/mol.